The Bertz CT molecular complexity index is 1020. The Morgan fingerprint density at radius 2 is 1.77 bits per heavy atom. The van der Waals surface area contributed by atoms with E-state index in [1.807, 2.05) is 0 Å². The van der Waals surface area contributed by atoms with Gasteiger partial charge in [-0.15, -0.1) is 0 Å². The van der Waals surface area contributed by atoms with E-state index in [0.717, 1.165) is 18.4 Å². The summed E-state index contributed by atoms with van der Waals surface area (Å²) in [6.45, 7) is -0.145. The number of hydrogen-bond donors (Lipinski definition) is 2. The van der Waals surface area contributed by atoms with E-state index >= 15 is 0 Å². The van der Waals surface area contributed by atoms with Crippen LogP contribution < -0.4 is 4.72 Å². The second kappa shape index (κ2) is 8.85. The number of nitrogens with one attached hydrogen (secondary N) is 1. The molecule has 1 amide bonds. The molecular formula is C20H21F3N2O5S. The molecule has 1 aliphatic rings. The zero-order valence-corrected chi connectivity index (χ0v) is 17.3. The first kappa shape index (κ1) is 23.0. The van der Waals surface area contributed by atoms with Crippen LogP contribution in [0, 0.1) is 0 Å². The van der Waals surface area contributed by atoms with Crippen LogP contribution in [0.1, 0.15) is 22.8 Å². The first-order valence-electron chi connectivity index (χ1n) is 9.23. The fraction of sp³-hybridized carbons (Fsp3) is 0.350. The summed E-state index contributed by atoms with van der Waals surface area (Å²) in [5.74, 6) is -0.398. The predicted molar refractivity (Wildman–Crippen MR) is 106 cm³/mol. The van der Waals surface area contributed by atoms with Crippen LogP contribution in [0.2, 0.25) is 0 Å². The van der Waals surface area contributed by atoms with Gasteiger partial charge in [0.05, 0.1) is 24.5 Å². The van der Waals surface area contributed by atoms with E-state index in [-0.39, 0.29) is 19.8 Å². The van der Waals surface area contributed by atoms with Crippen molar-refractivity contribution in [2.75, 3.05) is 24.2 Å². The van der Waals surface area contributed by atoms with Crippen LogP contribution in [0.15, 0.2) is 48.5 Å². The SMILES string of the molecule is CS(=O)(=O)Nc1ccc(C(O)C2COCC(=O)N2Cc2ccc(C(F)(F)F)cc2)cc1. The molecule has 1 saturated heterocycles. The molecule has 3 rings (SSSR count). The molecule has 31 heavy (non-hydrogen) atoms. The van der Waals surface area contributed by atoms with Crippen molar-refractivity contribution in [1.29, 1.82) is 0 Å². The van der Waals surface area contributed by atoms with Crippen molar-refractivity contribution in [2.24, 2.45) is 0 Å². The number of nitrogens with zero attached hydrogens (tertiary/aromatic N) is 1. The van der Waals surface area contributed by atoms with Gasteiger partial charge in [-0.1, -0.05) is 24.3 Å². The van der Waals surface area contributed by atoms with Gasteiger partial charge in [0.25, 0.3) is 0 Å². The lowest BCUT2D eigenvalue weighted by Crippen LogP contribution is -2.51. The highest BCUT2D eigenvalue weighted by molar-refractivity contribution is 7.92. The quantitative estimate of drug-likeness (QED) is 0.694. The first-order chi connectivity index (χ1) is 14.4. The number of aliphatic hydroxyl groups excluding tert-OH is 1. The standard InChI is InChI=1S/C20H21F3N2O5S/c1-31(28,29)24-16-8-4-14(5-9-16)19(27)17-11-30-12-18(26)25(17)10-13-2-6-15(7-3-13)20(21,22)23/h2-9,17,19,24,27H,10-12H2,1H3. The van der Waals surface area contributed by atoms with Gasteiger partial charge < -0.3 is 14.7 Å². The molecule has 2 aromatic carbocycles. The zero-order chi connectivity index (χ0) is 22.8. The summed E-state index contributed by atoms with van der Waals surface area (Å²) in [7, 11) is -3.45. The maximum Gasteiger partial charge on any atom is 0.416 e. The summed E-state index contributed by atoms with van der Waals surface area (Å²) in [5.41, 5.74) is 0.438. The van der Waals surface area contributed by atoms with E-state index in [0.29, 0.717) is 16.8 Å². The number of anilines is 1. The number of benzene rings is 2. The molecule has 1 aliphatic heterocycles. The third kappa shape index (κ3) is 5.96. The minimum absolute atomic E-state index is 0.00970. The van der Waals surface area contributed by atoms with Gasteiger partial charge in [0.15, 0.2) is 0 Å². The molecule has 0 spiro atoms. The minimum atomic E-state index is -4.45. The van der Waals surface area contributed by atoms with Gasteiger partial charge in [-0.3, -0.25) is 9.52 Å². The molecule has 0 saturated carbocycles. The molecule has 2 N–H and O–H groups in total. The summed E-state index contributed by atoms with van der Waals surface area (Å²) in [6.07, 6.45) is -4.59. The molecule has 11 heteroatoms. The van der Waals surface area contributed by atoms with Crippen LogP contribution in [0.3, 0.4) is 0 Å². The number of halogens is 3. The van der Waals surface area contributed by atoms with Gasteiger partial charge in [-0.25, -0.2) is 8.42 Å². The number of morpholine rings is 1. The van der Waals surface area contributed by atoms with Gasteiger partial charge in [0.1, 0.15) is 12.7 Å². The van der Waals surface area contributed by atoms with E-state index in [2.05, 4.69) is 4.72 Å². The molecule has 1 heterocycles. The highest BCUT2D eigenvalue weighted by Gasteiger charge is 2.35. The normalized spacial score (nSPS) is 18.7. The maximum atomic E-state index is 12.8. The summed E-state index contributed by atoms with van der Waals surface area (Å²) in [6, 6.07) is 9.70. The summed E-state index contributed by atoms with van der Waals surface area (Å²) < 4.78 is 68.5. The Kier molecular flexibility index (Phi) is 6.58. The van der Waals surface area contributed by atoms with Gasteiger partial charge >= 0.3 is 6.18 Å². The lowest BCUT2D eigenvalue weighted by Gasteiger charge is -2.38. The minimum Gasteiger partial charge on any atom is -0.386 e. The number of hydrogen-bond acceptors (Lipinski definition) is 5. The fourth-order valence-electron chi connectivity index (χ4n) is 3.27. The van der Waals surface area contributed by atoms with Crippen LogP contribution in [0.25, 0.3) is 0 Å². The number of amides is 1. The number of carbonyl (C=O) groups is 1. The van der Waals surface area contributed by atoms with Crippen molar-refractivity contribution < 1.29 is 36.2 Å². The van der Waals surface area contributed by atoms with Crippen LogP contribution in [0.4, 0.5) is 18.9 Å². The average Bonchev–Trinajstić information content (AvgIpc) is 2.68. The molecule has 0 aromatic heterocycles. The van der Waals surface area contributed by atoms with Crippen molar-refractivity contribution in [2.45, 2.75) is 24.9 Å². The lowest BCUT2D eigenvalue weighted by atomic mass is 9.99. The van der Waals surface area contributed by atoms with E-state index in [1.54, 1.807) is 0 Å². The number of alkyl halides is 3. The summed E-state index contributed by atoms with van der Waals surface area (Å²) in [5, 5.41) is 10.8. The van der Waals surface area contributed by atoms with Crippen LogP contribution >= 0.6 is 0 Å². The lowest BCUT2D eigenvalue weighted by molar-refractivity contribution is -0.155. The second-order valence-electron chi connectivity index (χ2n) is 7.24. The molecule has 2 atom stereocenters. The van der Waals surface area contributed by atoms with E-state index in [1.165, 1.54) is 41.3 Å². The first-order valence-corrected chi connectivity index (χ1v) is 11.1. The molecule has 0 bridgehead atoms. The number of carbonyl (C=O) groups excluding carboxylic acids is 1. The second-order valence-corrected chi connectivity index (χ2v) is 8.99. The number of sulfonamides is 1. The predicted octanol–water partition coefficient (Wildman–Crippen LogP) is 2.54. The third-order valence-corrected chi connectivity index (χ3v) is 5.40. The topological polar surface area (TPSA) is 95.9 Å². The number of ether oxygens (including phenoxy) is 1. The van der Waals surface area contributed by atoms with Gasteiger partial charge in [-0.2, -0.15) is 13.2 Å². The Morgan fingerprint density at radius 1 is 1.16 bits per heavy atom. The van der Waals surface area contributed by atoms with E-state index < -0.39 is 39.8 Å². The molecule has 168 valence electrons. The maximum absolute atomic E-state index is 12.8. The highest BCUT2D eigenvalue weighted by atomic mass is 32.2. The van der Waals surface area contributed by atoms with Gasteiger partial charge in [0, 0.05) is 12.2 Å². The smallest absolute Gasteiger partial charge is 0.386 e. The van der Waals surface area contributed by atoms with Crippen molar-refractivity contribution in [1.82, 2.24) is 4.90 Å². The fourth-order valence-corrected chi connectivity index (χ4v) is 3.84. The number of aliphatic hydroxyl groups is 1. The highest BCUT2D eigenvalue weighted by Crippen LogP contribution is 2.30. The molecule has 2 aromatic rings. The average molecular weight is 458 g/mol. The molecule has 0 radical (unpaired) electrons. The summed E-state index contributed by atoms with van der Waals surface area (Å²) >= 11 is 0. The van der Waals surface area contributed by atoms with Crippen LogP contribution in [0.5, 0.6) is 0 Å². The van der Waals surface area contributed by atoms with Crippen molar-refractivity contribution in [3.63, 3.8) is 0 Å². The van der Waals surface area contributed by atoms with Crippen molar-refractivity contribution >= 4 is 21.6 Å². The summed E-state index contributed by atoms with van der Waals surface area (Å²) in [4.78, 5) is 13.8. The number of rotatable bonds is 6. The Labute approximate surface area is 177 Å². The van der Waals surface area contributed by atoms with Crippen molar-refractivity contribution in [3.05, 3.63) is 65.2 Å². The zero-order valence-electron chi connectivity index (χ0n) is 16.5. The van der Waals surface area contributed by atoms with E-state index in [9.17, 15) is 31.5 Å². The van der Waals surface area contributed by atoms with Gasteiger partial charge in [0.2, 0.25) is 15.9 Å². The van der Waals surface area contributed by atoms with Crippen LogP contribution in [-0.2, 0) is 32.3 Å². The molecule has 2 unspecified atom stereocenters. The largest absolute Gasteiger partial charge is 0.416 e. The Morgan fingerprint density at radius 3 is 2.32 bits per heavy atom. The third-order valence-electron chi connectivity index (χ3n) is 4.79. The van der Waals surface area contributed by atoms with Crippen LogP contribution in [-0.4, -0.2) is 49.8 Å². The monoisotopic (exact) mass is 458 g/mol. The Hall–Kier alpha value is -2.63. The molecular weight excluding hydrogens is 437 g/mol. The molecule has 1 fully saturated rings. The Balaban J connectivity index is 1.77. The van der Waals surface area contributed by atoms with E-state index in [4.69, 9.17) is 4.74 Å². The van der Waals surface area contributed by atoms with Gasteiger partial charge in [-0.05, 0) is 35.4 Å². The molecule has 7 nitrogen and oxygen atoms in total. The molecule has 0 aliphatic carbocycles. The van der Waals surface area contributed by atoms with Crippen molar-refractivity contribution in [3.8, 4) is 0 Å².